The van der Waals surface area contributed by atoms with Crippen LogP contribution in [0.25, 0.3) is 0 Å². The first-order valence-electron chi connectivity index (χ1n) is 5.19. The van der Waals surface area contributed by atoms with E-state index in [2.05, 4.69) is 0 Å². The molecule has 0 fully saturated rings. The van der Waals surface area contributed by atoms with E-state index in [0.717, 1.165) is 5.56 Å². The molecule has 0 amide bonds. The van der Waals surface area contributed by atoms with Crippen molar-refractivity contribution >= 4 is 5.78 Å². The number of carbonyl (C=O) groups is 1. The van der Waals surface area contributed by atoms with Crippen LogP contribution in [0.3, 0.4) is 0 Å². The van der Waals surface area contributed by atoms with Crippen molar-refractivity contribution in [2.75, 3.05) is 7.11 Å². The highest BCUT2D eigenvalue weighted by Gasteiger charge is 2.23. The first kappa shape index (κ1) is 12.6. The third-order valence-corrected chi connectivity index (χ3v) is 2.51. The molecule has 0 aliphatic heterocycles. The number of carbonyl (C=O) groups excluding carboxylic acids is 1. The van der Waals surface area contributed by atoms with Crippen molar-refractivity contribution in [3.8, 4) is 11.5 Å². The Labute approximate surface area is 96.1 Å². The maximum atomic E-state index is 11.4. The van der Waals surface area contributed by atoms with E-state index in [1.54, 1.807) is 19.2 Å². The summed E-state index contributed by atoms with van der Waals surface area (Å²) in [7, 11) is 1.54. The van der Waals surface area contributed by atoms with Gasteiger partial charge in [-0.25, -0.2) is 0 Å². The van der Waals surface area contributed by atoms with Gasteiger partial charge >= 0.3 is 0 Å². The minimum absolute atomic E-state index is 0.0563. The normalized spacial score (nSPS) is 11.3. The van der Waals surface area contributed by atoms with Gasteiger partial charge in [-0.1, -0.05) is 20.8 Å². The number of ketones is 1. The summed E-state index contributed by atoms with van der Waals surface area (Å²) < 4.78 is 5.13. The number of hydrogen-bond acceptors (Lipinski definition) is 3. The predicted octanol–water partition coefficient (Wildman–Crippen LogP) is 2.90. The summed E-state index contributed by atoms with van der Waals surface area (Å²) >= 11 is 0. The molecule has 0 heterocycles. The summed E-state index contributed by atoms with van der Waals surface area (Å²) in [4.78, 5) is 11.4. The Hall–Kier alpha value is -1.51. The minimum Gasteiger partial charge on any atom is -0.507 e. The van der Waals surface area contributed by atoms with Crippen LogP contribution >= 0.6 is 0 Å². The van der Waals surface area contributed by atoms with Crippen molar-refractivity contribution in [2.45, 2.75) is 33.1 Å². The first-order valence-corrected chi connectivity index (χ1v) is 5.19. The monoisotopic (exact) mass is 222 g/mol. The van der Waals surface area contributed by atoms with Gasteiger partial charge in [0.2, 0.25) is 0 Å². The second-order valence-corrected chi connectivity index (χ2v) is 4.88. The second kappa shape index (κ2) is 4.16. The fourth-order valence-corrected chi connectivity index (χ4v) is 1.57. The molecule has 1 N–H and O–H groups in total. The molecular formula is C13H18O3. The summed E-state index contributed by atoms with van der Waals surface area (Å²) in [6, 6.07) is 3.33. The summed E-state index contributed by atoms with van der Waals surface area (Å²) in [5, 5.41) is 10.0. The Bertz CT molecular complexity index is 414. The van der Waals surface area contributed by atoms with Crippen LogP contribution in [0.1, 0.15) is 43.6 Å². The maximum absolute atomic E-state index is 11.4. The SMILES string of the molecule is COc1cc(C(C)=O)c(O)c(C(C)(C)C)c1. The standard InChI is InChI=1S/C13H18O3/c1-8(14)10-6-9(16-5)7-11(12(10)15)13(2,3)4/h6-7,15H,1-5H3. The topological polar surface area (TPSA) is 46.5 Å². The fourth-order valence-electron chi connectivity index (χ4n) is 1.57. The molecule has 0 saturated heterocycles. The van der Waals surface area contributed by atoms with Crippen LogP contribution in [0.2, 0.25) is 0 Å². The molecule has 0 aliphatic carbocycles. The lowest BCUT2D eigenvalue weighted by atomic mass is 9.84. The smallest absolute Gasteiger partial charge is 0.163 e. The largest absolute Gasteiger partial charge is 0.507 e. The molecule has 0 spiro atoms. The van der Waals surface area contributed by atoms with Crippen LogP contribution < -0.4 is 4.74 Å². The first-order chi connectivity index (χ1) is 7.27. The Kier molecular flexibility index (Phi) is 3.27. The van der Waals surface area contributed by atoms with Gasteiger partial charge in [0.25, 0.3) is 0 Å². The molecule has 3 nitrogen and oxygen atoms in total. The highest BCUT2D eigenvalue weighted by atomic mass is 16.5. The van der Waals surface area contributed by atoms with Crippen molar-refractivity contribution in [1.82, 2.24) is 0 Å². The van der Waals surface area contributed by atoms with E-state index >= 15 is 0 Å². The van der Waals surface area contributed by atoms with E-state index in [4.69, 9.17) is 4.74 Å². The Morgan fingerprint density at radius 1 is 1.31 bits per heavy atom. The maximum Gasteiger partial charge on any atom is 0.163 e. The molecule has 88 valence electrons. The van der Waals surface area contributed by atoms with E-state index < -0.39 is 0 Å². The molecule has 1 aromatic carbocycles. The number of aromatic hydroxyl groups is 1. The van der Waals surface area contributed by atoms with E-state index in [-0.39, 0.29) is 16.9 Å². The van der Waals surface area contributed by atoms with Gasteiger partial charge in [0, 0.05) is 5.56 Å². The zero-order valence-corrected chi connectivity index (χ0v) is 10.4. The van der Waals surface area contributed by atoms with Crippen molar-refractivity contribution in [1.29, 1.82) is 0 Å². The summed E-state index contributed by atoms with van der Waals surface area (Å²) in [6.07, 6.45) is 0. The molecular weight excluding hydrogens is 204 g/mol. The average molecular weight is 222 g/mol. The lowest BCUT2D eigenvalue weighted by Gasteiger charge is -2.22. The van der Waals surface area contributed by atoms with E-state index in [9.17, 15) is 9.90 Å². The van der Waals surface area contributed by atoms with Gasteiger partial charge in [0.1, 0.15) is 11.5 Å². The van der Waals surface area contributed by atoms with Crippen LogP contribution in [0.4, 0.5) is 0 Å². The van der Waals surface area contributed by atoms with Gasteiger partial charge in [0.05, 0.1) is 12.7 Å². The zero-order valence-electron chi connectivity index (χ0n) is 10.4. The number of Topliss-reactive ketones (excluding diaryl/α,β-unsaturated/α-hetero) is 1. The fraction of sp³-hybridized carbons (Fsp3) is 0.462. The summed E-state index contributed by atoms with van der Waals surface area (Å²) in [6.45, 7) is 7.36. The van der Waals surface area contributed by atoms with Crippen LogP contribution in [0.15, 0.2) is 12.1 Å². The molecule has 0 unspecified atom stereocenters. The van der Waals surface area contributed by atoms with Gasteiger partial charge in [-0.15, -0.1) is 0 Å². The van der Waals surface area contributed by atoms with Crippen LogP contribution in [-0.4, -0.2) is 18.0 Å². The molecule has 0 saturated carbocycles. The van der Waals surface area contributed by atoms with Gasteiger partial charge in [-0.05, 0) is 24.5 Å². The number of phenols is 1. The number of phenolic OH excluding ortho intramolecular Hbond substituents is 1. The van der Waals surface area contributed by atoms with Crippen LogP contribution in [-0.2, 0) is 5.41 Å². The molecule has 0 aromatic heterocycles. The molecule has 0 atom stereocenters. The summed E-state index contributed by atoms with van der Waals surface area (Å²) in [5.41, 5.74) is 0.796. The average Bonchev–Trinajstić information content (AvgIpc) is 2.15. The minimum atomic E-state index is -0.233. The van der Waals surface area contributed by atoms with Crippen LogP contribution in [0, 0.1) is 0 Å². The number of ether oxygens (including phenoxy) is 1. The number of methoxy groups -OCH3 is 1. The van der Waals surface area contributed by atoms with Gasteiger partial charge in [-0.3, -0.25) is 4.79 Å². The third-order valence-electron chi connectivity index (χ3n) is 2.51. The molecule has 1 aromatic rings. The molecule has 0 aliphatic rings. The predicted molar refractivity (Wildman–Crippen MR) is 63.4 cm³/mol. The van der Waals surface area contributed by atoms with Crippen LogP contribution in [0.5, 0.6) is 11.5 Å². The van der Waals surface area contributed by atoms with E-state index in [1.165, 1.54) is 6.92 Å². The van der Waals surface area contributed by atoms with E-state index in [0.29, 0.717) is 11.3 Å². The lowest BCUT2D eigenvalue weighted by molar-refractivity contribution is 0.101. The molecule has 16 heavy (non-hydrogen) atoms. The van der Waals surface area contributed by atoms with Crippen molar-refractivity contribution in [3.05, 3.63) is 23.3 Å². The Morgan fingerprint density at radius 3 is 2.25 bits per heavy atom. The highest BCUT2D eigenvalue weighted by Crippen LogP contribution is 2.36. The Balaban J connectivity index is 3.50. The number of hydrogen-bond donors (Lipinski definition) is 1. The Morgan fingerprint density at radius 2 is 1.88 bits per heavy atom. The number of benzene rings is 1. The van der Waals surface area contributed by atoms with E-state index in [1.807, 2.05) is 20.8 Å². The third kappa shape index (κ3) is 2.35. The molecule has 1 rings (SSSR count). The highest BCUT2D eigenvalue weighted by molar-refractivity contribution is 5.97. The summed E-state index contributed by atoms with van der Waals surface area (Å²) in [5.74, 6) is 0.482. The van der Waals surface area contributed by atoms with Crippen molar-refractivity contribution < 1.29 is 14.6 Å². The lowest BCUT2D eigenvalue weighted by Crippen LogP contribution is -2.13. The molecule has 0 radical (unpaired) electrons. The van der Waals surface area contributed by atoms with Gasteiger partial charge < -0.3 is 9.84 Å². The second-order valence-electron chi connectivity index (χ2n) is 4.88. The van der Waals surface area contributed by atoms with Gasteiger partial charge in [-0.2, -0.15) is 0 Å². The molecule has 0 bridgehead atoms. The van der Waals surface area contributed by atoms with Crippen molar-refractivity contribution in [2.24, 2.45) is 0 Å². The molecule has 3 heteroatoms. The zero-order chi connectivity index (χ0) is 12.5. The quantitative estimate of drug-likeness (QED) is 0.782. The van der Waals surface area contributed by atoms with Crippen molar-refractivity contribution in [3.63, 3.8) is 0 Å². The number of rotatable bonds is 2. The van der Waals surface area contributed by atoms with Gasteiger partial charge in [0.15, 0.2) is 5.78 Å².